The standard InChI is InChI=1S/C24H21N3O4/c1-15-8-10-16(11-9-15)22-26-24(31-27-22)20-6-4-5-7-21(20)25-23(28)17-12-18(29-2)14-19(13-17)30-3/h4-14H,1-3H3,(H,25,28). The Labute approximate surface area is 179 Å². The van der Waals surface area contributed by atoms with Crippen LogP contribution in [0.15, 0.2) is 71.3 Å². The second-order valence-electron chi connectivity index (χ2n) is 6.89. The Morgan fingerprint density at radius 1 is 0.935 bits per heavy atom. The van der Waals surface area contributed by atoms with Crippen LogP contribution in [0.1, 0.15) is 15.9 Å². The number of nitrogens with zero attached hydrogens (tertiary/aromatic N) is 2. The summed E-state index contributed by atoms with van der Waals surface area (Å²) in [6, 6.07) is 20.1. The van der Waals surface area contributed by atoms with E-state index < -0.39 is 0 Å². The summed E-state index contributed by atoms with van der Waals surface area (Å²) in [5.74, 6) is 1.53. The van der Waals surface area contributed by atoms with Crippen LogP contribution in [0, 0.1) is 6.92 Å². The molecule has 4 aromatic rings. The van der Waals surface area contributed by atoms with Crippen LogP contribution in [-0.4, -0.2) is 30.3 Å². The van der Waals surface area contributed by atoms with Crippen molar-refractivity contribution in [2.24, 2.45) is 0 Å². The van der Waals surface area contributed by atoms with Crippen molar-refractivity contribution in [3.8, 4) is 34.3 Å². The van der Waals surface area contributed by atoms with Crippen LogP contribution in [0.25, 0.3) is 22.8 Å². The Balaban J connectivity index is 1.63. The first-order valence-corrected chi connectivity index (χ1v) is 9.62. The summed E-state index contributed by atoms with van der Waals surface area (Å²) in [7, 11) is 3.07. The first kappa shape index (κ1) is 20.2. The Morgan fingerprint density at radius 2 is 1.61 bits per heavy atom. The molecule has 7 nitrogen and oxygen atoms in total. The third kappa shape index (κ3) is 4.40. The van der Waals surface area contributed by atoms with E-state index in [0.717, 1.165) is 11.1 Å². The zero-order valence-electron chi connectivity index (χ0n) is 17.4. The fourth-order valence-electron chi connectivity index (χ4n) is 3.06. The van der Waals surface area contributed by atoms with Crippen molar-refractivity contribution in [1.29, 1.82) is 0 Å². The van der Waals surface area contributed by atoms with E-state index in [0.29, 0.717) is 40.0 Å². The van der Waals surface area contributed by atoms with E-state index in [9.17, 15) is 4.79 Å². The number of carbonyl (C=O) groups excluding carboxylic acids is 1. The number of para-hydroxylation sites is 1. The quantitative estimate of drug-likeness (QED) is 0.478. The molecule has 3 aromatic carbocycles. The molecular formula is C24H21N3O4. The number of nitrogens with one attached hydrogen (secondary N) is 1. The average molecular weight is 415 g/mol. The Morgan fingerprint density at radius 3 is 2.29 bits per heavy atom. The normalized spacial score (nSPS) is 10.5. The minimum atomic E-state index is -0.317. The number of amides is 1. The fourth-order valence-corrected chi connectivity index (χ4v) is 3.06. The summed E-state index contributed by atoms with van der Waals surface area (Å²) >= 11 is 0. The number of hydrogen-bond donors (Lipinski definition) is 1. The van der Waals surface area contributed by atoms with Gasteiger partial charge in [0, 0.05) is 17.2 Å². The summed E-state index contributed by atoms with van der Waals surface area (Å²) in [6.07, 6.45) is 0. The maximum atomic E-state index is 12.9. The van der Waals surface area contributed by atoms with Gasteiger partial charge in [0.05, 0.1) is 25.5 Å². The number of carbonyl (C=O) groups is 1. The van der Waals surface area contributed by atoms with Crippen LogP contribution < -0.4 is 14.8 Å². The Hall–Kier alpha value is -4.13. The highest BCUT2D eigenvalue weighted by Crippen LogP contribution is 2.30. The van der Waals surface area contributed by atoms with Gasteiger partial charge in [0.2, 0.25) is 5.82 Å². The molecule has 0 aliphatic heterocycles. The molecule has 0 aliphatic rings. The lowest BCUT2D eigenvalue weighted by molar-refractivity contribution is 0.102. The third-order valence-corrected chi connectivity index (χ3v) is 4.76. The molecule has 4 rings (SSSR count). The molecule has 0 saturated heterocycles. The van der Waals surface area contributed by atoms with Gasteiger partial charge in [-0.15, -0.1) is 0 Å². The van der Waals surface area contributed by atoms with Gasteiger partial charge in [-0.05, 0) is 31.2 Å². The number of methoxy groups -OCH3 is 2. The van der Waals surface area contributed by atoms with Crippen molar-refractivity contribution in [1.82, 2.24) is 10.1 Å². The topological polar surface area (TPSA) is 86.5 Å². The van der Waals surface area contributed by atoms with E-state index in [4.69, 9.17) is 14.0 Å². The highest BCUT2D eigenvalue weighted by molar-refractivity contribution is 6.06. The number of rotatable bonds is 6. The highest BCUT2D eigenvalue weighted by atomic mass is 16.5. The van der Waals surface area contributed by atoms with E-state index in [1.54, 1.807) is 24.3 Å². The molecule has 0 unspecified atom stereocenters. The fraction of sp³-hybridized carbons (Fsp3) is 0.125. The van der Waals surface area contributed by atoms with Gasteiger partial charge in [0.15, 0.2) is 0 Å². The molecule has 1 amide bonds. The summed E-state index contributed by atoms with van der Waals surface area (Å²) in [4.78, 5) is 17.4. The van der Waals surface area contributed by atoms with Gasteiger partial charge in [0.1, 0.15) is 11.5 Å². The number of ether oxygens (including phenoxy) is 2. The van der Waals surface area contributed by atoms with Crippen LogP contribution in [-0.2, 0) is 0 Å². The zero-order valence-corrected chi connectivity index (χ0v) is 17.4. The SMILES string of the molecule is COc1cc(OC)cc(C(=O)Nc2ccccc2-c2nc(-c3ccc(C)cc3)no2)c1. The molecule has 0 aliphatic carbocycles. The molecule has 0 fully saturated rings. The maximum absolute atomic E-state index is 12.9. The van der Waals surface area contributed by atoms with E-state index in [-0.39, 0.29) is 5.91 Å². The second kappa shape index (κ2) is 8.71. The lowest BCUT2D eigenvalue weighted by Crippen LogP contribution is -2.13. The number of aromatic nitrogens is 2. The van der Waals surface area contributed by atoms with Crippen LogP contribution >= 0.6 is 0 Å². The van der Waals surface area contributed by atoms with Gasteiger partial charge < -0.3 is 19.3 Å². The van der Waals surface area contributed by atoms with Crippen LogP contribution in [0.4, 0.5) is 5.69 Å². The lowest BCUT2D eigenvalue weighted by atomic mass is 10.1. The molecule has 31 heavy (non-hydrogen) atoms. The first-order valence-electron chi connectivity index (χ1n) is 9.62. The summed E-state index contributed by atoms with van der Waals surface area (Å²) in [6.45, 7) is 2.02. The number of hydrogen-bond acceptors (Lipinski definition) is 6. The molecular weight excluding hydrogens is 394 g/mol. The van der Waals surface area contributed by atoms with Crippen LogP contribution in [0.3, 0.4) is 0 Å². The largest absolute Gasteiger partial charge is 0.497 e. The van der Waals surface area contributed by atoms with Crippen molar-refractivity contribution in [3.05, 3.63) is 77.9 Å². The van der Waals surface area contributed by atoms with E-state index >= 15 is 0 Å². The predicted molar refractivity (Wildman–Crippen MR) is 117 cm³/mol. The smallest absolute Gasteiger partial charge is 0.260 e. The minimum absolute atomic E-state index is 0.315. The van der Waals surface area contributed by atoms with E-state index in [2.05, 4.69) is 15.5 Å². The van der Waals surface area contributed by atoms with Gasteiger partial charge in [-0.25, -0.2) is 0 Å². The Kier molecular flexibility index (Phi) is 5.66. The molecule has 7 heteroatoms. The molecule has 0 bridgehead atoms. The lowest BCUT2D eigenvalue weighted by Gasteiger charge is -2.11. The van der Waals surface area contributed by atoms with Crippen molar-refractivity contribution in [2.45, 2.75) is 6.92 Å². The minimum Gasteiger partial charge on any atom is -0.497 e. The number of benzene rings is 3. The molecule has 0 atom stereocenters. The molecule has 0 saturated carbocycles. The van der Waals surface area contributed by atoms with Gasteiger partial charge in [-0.1, -0.05) is 47.1 Å². The molecule has 156 valence electrons. The summed E-state index contributed by atoms with van der Waals surface area (Å²) in [5.41, 5.74) is 3.57. The van der Waals surface area contributed by atoms with Crippen molar-refractivity contribution < 1.29 is 18.8 Å². The summed E-state index contributed by atoms with van der Waals surface area (Å²) < 4.78 is 16.0. The van der Waals surface area contributed by atoms with Gasteiger partial charge in [0.25, 0.3) is 11.8 Å². The number of anilines is 1. The summed E-state index contributed by atoms with van der Waals surface area (Å²) in [5, 5.41) is 6.99. The molecule has 0 radical (unpaired) electrons. The predicted octanol–water partition coefficient (Wildman–Crippen LogP) is 4.98. The average Bonchev–Trinajstić information content (AvgIpc) is 3.29. The van der Waals surface area contributed by atoms with Gasteiger partial charge in [-0.3, -0.25) is 4.79 Å². The van der Waals surface area contributed by atoms with Crippen molar-refractivity contribution in [2.75, 3.05) is 19.5 Å². The molecule has 1 N–H and O–H groups in total. The maximum Gasteiger partial charge on any atom is 0.260 e. The van der Waals surface area contributed by atoms with E-state index in [1.807, 2.05) is 49.4 Å². The highest BCUT2D eigenvalue weighted by Gasteiger charge is 2.17. The third-order valence-electron chi connectivity index (χ3n) is 4.76. The number of aryl methyl sites for hydroxylation is 1. The molecule has 0 spiro atoms. The molecule has 1 heterocycles. The van der Waals surface area contributed by atoms with Gasteiger partial charge in [-0.2, -0.15) is 4.98 Å². The monoisotopic (exact) mass is 415 g/mol. The van der Waals surface area contributed by atoms with Crippen LogP contribution in [0.5, 0.6) is 11.5 Å². The molecule has 1 aromatic heterocycles. The zero-order chi connectivity index (χ0) is 21.8. The second-order valence-corrected chi connectivity index (χ2v) is 6.89. The van der Waals surface area contributed by atoms with Crippen molar-refractivity contribution >= 4 is 11.6 Å². The van der Waals surface area contributed by atoms with Gasteiger partial charge >= 0.3 is 0 Å². The van der Waals surface area contributed by atoms with E-state index in [1.165, 1.54) is 14.2 Å². The van der Waals surface area contributed by atoms with Crippen LogP contribution in [0.2, 0.25) is 0 Å². The first-order chi connectivity index (χ1) is 15.1. The van der Waals surface area contributed by atoms with Crippen molar-refractivity contribution in [3.63, 3.8) is 0 Å². The Bertz CT molecular complexity index is 1190.